The Morgan fingerprint density at radius 3 is 2.60 bits per heavy atom. The van der Waals surface area contributed by atoms with Crippen LogP contribution >= 0.6 is 24.2 Å². The van der Waals surface area contributed by atoms with Gasteiger partial charge in [-0.05, 0) is 49.1 Å². The van der Waals surface area contributed by atoms with Crippen molar-refractivity contribution < 1.29 is 9.53 Å². The Bertz CT molecular complexity index is 374. The number of hydrogen-bond acceptors (Lipinski definition) is 4. The molecule has 0 heterocycles. The summed E-state index contributed by atoms with van der Waals surface area (Å²) in [6.45, 7) is 0.996. The van der Waals surface area contributed by atoms with Gasteiger partial charge < -0.3 is 15.8 Å². The third-order valence-electron chi connectivity index (χ3n) is 2.53. The van der Waals surface area contributed by atoms with Crippen LogP contribution in [0, 0.1) is 0 Å². The van der Waals surface area contributed by atoms with Crippen LogP contribution in [-0.4, -0.2) is 31.1 Å². The van der Waals surface area contributed by atoms with Crippen LogP contribution in [0.3, 0.4) is 0 Å². The van der Waals surface area contributed by atoms with Crippen molar-refractivity contribution >= 4 is 35.8 Å². The molecule has 1 aromatic carbocycles. The monoisotopic (exact) mass is 318 g/mol. The topological polar surface area (TPSA) is 64.3 Å². The van der Waals surface area contributed by atoms with Gasteiger partial charge in [-0.2, -0.15) is 11.8 Å². The molecule has 0 unspecified atom stereocenters. The van der Waals surface area contributed by atoms with E-state index in [1.165, 1.54) is 0 Å². The minimum absolute atomic E-state index is 0. The first kappa shape index (κ1) is 19.1. The molecule has 6 heteroatoms. The lowest BCUT2D eigenvalue weighted by Crippen LogP contribution is -2.12. The van der Waals surface area contributed by atoms with Gasteiger partial charge in [-0.1, -0.05) is 0 Å². The van der Waals surface area contributed by atoms with E-state index in [0.29, 0.717) is 19.6 Å². The van der Waals surface area contributed by atoms with Crippen LogP contribution in [0.1, 0.15) is 19.3 Å². The van der Waals surface area contributed by atoms with Crippen molar-refractivity contribution in [3.63, 3.8) is 0 Å². The van der Waals surface area contributed by atoms with E-state index < -0.39 is 0 Å². The molecule has 0 spiro atoms. The molecule has 1 aromatic rings. The van der Waals surface area contributed by atoms with Crippen LogP contribution < -0.4 is 15.8 Å². The fourth-order valence-electron chi connectivity index (χ4n) is 1.57. The Morgan fingerprint density at radius 2 is 2.00 bits per heavy atom. The molecule has 0 saturated carbocycles. The third kappa shape index (κ3) is 8.30. The number of unbranched alkanes of at least 4 members (excludes halogenated alkanes) is 1. The largest absolute Gasteiger partial charge is 0.492 e. The summed E-state index contributed by atoms with van der Waals surface area (Å²) in [6.07, 6.45) is 4.67. The first-order valence-corrected chi connectivity index (χ1v) is 7.87. The Kier molecular flexibility index (Phi) is 11.3. The zero-order valence-corrected chi connectivity index (χ0v) is 13.4. The maximum atomic E-state index is 11.7. The van der Waals surface area contributed by atoms with Gasteiger partial charge in [-0.3, -0.25) is 4.79 Å². The van der Waals surface area contributed by atoms with Crippen molar-refractivity contribution in [2.75, 3.05) is 30.5 Å². The van der Waals surface area contributed by atoms with Crippen molar-refractivity contribution in [2.45, 2.75) is 19.3 Å². The number of nitrogens with two attached hydrogens (primary N) is 1. The van der Waals surface area contributed by atoms with Crippen molar-refractivity contribution in [1.82, 2.24) is 0 Å². The highest BCUT2D eigenvalue weighted by Crippen LogP contribution is 2.16. The van der Waals surface area contributed by atoms with E-state index in [-0.39, 0.29) is 18.3 Å². The fourth-order valence-corrected chi connectivity index (χ4v) is 2.06. The predicted octanol–water partition coefficient (Wildman–Crippen LogP) is 2.92. The molecule has 3 N–H and O–H groups in total. The normalized spacial score (nSPS) is 9.70. The molecule has 1 rings (SSSR count). The molecule has 4 nitrogen and oxygen atoms in total. The summed E-state index contributed by atoms with van der Waals surface area (Å²) in [4.78, 5) is 11.7. The maximum Gasteiger partial charge on any atom is 0.224 e. The number of halogens is 1. The molecule has 0 aromatic heterocycles. The van der Waals surface area contributed by atoms with Gasteiger partial charge in [0.05, 0.1) is 0 Å². The van der Waals surface area contributed by atoms with E-state index in [2.05, 4.69) is 11.6 Å². The molecule has 0 aliphatic rings. The Hall–Kier alpha value is -0.910. The number of thioether (sulfide) groups is 1. The third-order valence-corrected chi connectivity index (χ3v) is 3.22. The molecular weight excluding hydrogens is 296 g/mol. The fraction of sp³-hybridized carbons (Fsp3) is 0.500. The Balaban J connectivity index is 0.00000361. The number of nitrogens with one attached hydrogen (secondary N) is 1. The summed E-state index contributed by atoms with van der Waals surface area (Å²) in [5, 5.41) is 2.88. The first-order chi connectivity index (χ1) is 9.26. The lowest BCUT2D eigenvalue weighted by atomic mass is 10.2. The second-order valence-corrected chi connectivity index (χ2v) is 5.15. The zero-order chi connectivity index (χ0) is 13.9. The SMILES string of the molecule is CSCCCCC(=O)Nc1ccc(OCCN)cc1.Cl. The molecule has 0 saturated heterocycles. The quantitative estimate of drug-likeness (QED) is 0.687. The van der Waals surface area contributed by atoms with E-state index >= 15 is 0 Å². The number of carbonyl (C=O) groups is 1. The summed E-state index contributed by atoms with van der Waals surface area (Å²) in [7, 11) is 0. The van der Waals surface area contributed by atoms with Crippen LogP contribution in [0.2, 0.25) is 0 Å². The van der Waals surface area contributed by atoms with Crippen molar-refractivity contribution in [3.05, 3.63) is 24.3 Å². The molecule has 20 heavy (non-hydrogen) atoms. The average molecular weight is 319 g/mol. The molecular formula is C14H23ClN2O2S. The molecule has 0 atom stereocenters. The molecule has 0 aliphatic carbocycles. The molecule has 0 radical (unpaired) electrons. The van der Waals surface area contributed by atoms with Crippen molar-refractivity contribution in [1.29, 1.82) is 0 Å². The van der Waals surface area contributed by atoms with E-state index in [1.54, 1.807) is 0 Å². The van der Waals surface area contributed by atoms with Crippen molar-refractivity contribution in [3.8, 4) is 5.75 Å². The summed E-state index contributed by atoms with van der Waals surface area (Å²) >= 11 is 1.81. The second-order valence-electron chi connectivity index (χ2n) is 4.16. The number of hydrogen-bond donors (Lipinski definition) is 2. The van der Waals surface area contributed by atoms with E-state index in [1.807, 2.05) is 36.0 Å². The molecule has 0 bridgehead atoms. The highest BCUT2D eigenvalue weighted by molar-refractivity contribution is 7.98. The number of ether oxygens (including phenoxy) is 1. The van der Waals surface area contributed by atoms with Gasteiger partial charge >= 0.3 is 0 Å². The summed E-state index contributed by atoms with van der Waals surface area (Å²) in [5.74, 6) is 1.95. The molecule has 114 valence electrons. The van der Waals surface area contributed by atoms with Crippen molar-refractivity contribution in [2.24, 2.45) is 5.73 Å². The number of benzene rings is 1. The summed E-state index contributed by atoms with van der Waals surface area (Å²) in [5.41, 5.74) is 6.16. The minimum atomic E-state index is 0. The standard InChI is InChI=1S/C14H22N2O2S.ClH/c1-19-11-3-2-4-14(17)16-12-5-7-13(8-6-12)18-10-9-15;/h5-8H,2-4,9-11,15H2,1H3,(H,16,17);1H. The second kappa shape index (κ2) is 11.9. The highest BCUT2D eigenvalue weighted by atomic mass is 35.5. The van der Waals surface area contributed by atoms with Crippen LogP contribution in [0.25, 0.3) is 0 Å². The van der Waals surface area contributed by atoms with Gasteiger partial charge in [0.1, 0.15) is 12.4 Å². The molecule has 0 aliphatic heterocycles. The van der Waals surface area contributed by atoms with Gasteiger partial charge in [0.15, 0.2) is 0 Å². The highest BCUT2D eigenvalue weighted by Gasteiger charge is 2.02. The van der Waals surface area contributed by atoms with Crippen LogP contribution in [-0.2, 0) is 4.79 Å². The smallest absolute Gasteiger partial charge is 0.224 e. The van der Waals surface area contributed by atoms with Crippen LogP contribution in [0.5, 0.6) is 5.75 Å². The number of carbonyl (C=O) groups excluding carboxylic acids is 1. The maximum absolute atomic E-state index is 11.7. The van der Waals surface area contributed by atoms with E-state index in [4.69, 9.17) is 10.5 Å². The summed E-state index contributed by atoms with van der Waals surface area (Å²) in [6, 6.07) is 7.34. The van der Waals surface area contributed by atoms with Crippen LogP contribution in [0.15, 0.2) is 24.3 Å². The first-order valence-electron chi connectivity index (χ1n) is 6.48. The van der Waals surface area contributed by atoms with Gasteiger partial charge in [0.25, 0.3) is 0 Å². The Labute approximate surface area is 131 Å². The van der Waals surface area contributed by atoms with E-state index in [9.17, 15) is 4.79 Å². The van der Waals surface area contributed by atoms with Gasteiger partial charge in [0, 0.05) is 18.7 Å². The van der Waals surface area contributed by atoms with Gasteiger partial charge in [0.2, 0.25) is 5.91 Å². The predicted molar refractivity (Wildman–Crippen MR) is 89.1 cm³/mol. The molecule has 0 fully saturated rings. The molecule has 1 amide bonds. The lowest BCUT2D eigenvalue weighted by molar-refractivity contribution is -0.116. The number of anilines is 1. The number of amides is 1. The summed E-state index contributed by atoms with van der Waals surface area (Å²) < 4.78 is 5.37. The lowest BCUT2D eigenvalue weighted by Gasteiger charge is -2.07. The Morgan fingerprint density at radius 1 is 1.30 bits per heavy atom. The van der Waals surface area contributed by atoms with E-state index in [0.717, 1.165) is 30.0 Å². The van der Waals surface area contributed by atoms with Crippen LogP contribution in [0.4, 0.5) is 5.69 Å². The van der Waals surface area contributed by atoms with Gasteiger partial charge in [-0.25, -0.2) is 0 Å². The average Bonchev–Trinajstić information content (AvgIpc) is 2.43. The number of rotatable bonds is 9. The zero-order valence-electron chi connectivity index (χ0n) is 11.8. The minimum Gasteiger partial charge on any atom is -0.492 e. The van der Waals surface area contributed by atoms with Gasteiger partial charge in [-0.15, -0.1) is 12.4 Å².